The number of nitrogens with zero attached hydrogens (tertiary/aromatic N) is 1. The quantitative estimate of drug-likeness (QED) is 0.651. The standard InChI is InChI=1S/C13H16FN3O3/c14-11-5-4-9(17(19)20)6-12(11)16-13(18)10-3-1-2-8(10)7-15/h4-6,8,10H,1-3,7,15H2,(H,16,18). The van der Waals surface area contributed by atoms with Crippen LogP contribution in [-0.4, -0.2) is 17.4 Å². The van der Waals surface area contributed by atoms with Gasteiger partial charge in [0, 0.05) is 18.1 Å². The third-order valence-corrected chi connectivity index (χ3v) is 3.72. The fourth-order valence-corrected chi connectivity index (χ4v) is 2.61. The maximum atomic E-state index is 13.6. The zero-order valence-electron chi connectivity index (χ0n) is 10.8. The fourth-order valence-electron chi connectivity index (χ4n) is 2.61. The Hall–Kier alpha value is -2.02. The Bertz CT molecular complexity index is 536. The lowest BCUT2D eigenvalue weighted by Gasteiger charge is -2.17. The summed E-state index contributed by atoms with van der Waals surface area (Å²) >= 11 is 0. The van der Waals surface area contributed by atoms with Crippen molar-refractivity contribution < 1.29 is 14.1 Å². The smallest absolute Gasteiger partial charge is 0.271 e. The third kappa shape index (κ3) is 2.93. The molecule has 1 aromatic carbocycles. The number of non-ortho nitro benzene ring substituents is 1. The molecule has 0 aromatic heterocycles. The van der Waals surface area contributed by atoms with E-state index in [1.807, 2.05) is 0 Å². The lowest BCUT2D eigenvalue weighted by Crippen LogP contribution is -2.30. The van der Waals surface area contributed by atoms with Gasteiger partial charge in [-0.05, 0) is 31.4 Å². The summed E-state index contributed by atoms with van der Waals surface area (Å²) in [5, 5.41) is 13.1. The van der Waals surface area contributed by atoms with Gasteiger partial charge >= 0.3 is 0 Å². The Balaban J connectivity index is 2.15. The highest BCUT2D eigenvalue weighted by Gasteiger charge is 2.32. The number of nitrogens with one attached hydrogen (secondary N) is 1. The number of benzene rings is 1. The fraction of sp³-hybridized carbons (Fsp3) is 0.462. The Morgan fingerprint density at radius 1 is 1.50 bits per heavy atom. The zero-order chi connectivity index (χ0) is 14.7. The molecule has 0 heterocycles. The Morgan fingerprint density at radius 3 is 2.90 bits per heavy atom. The monoisotopic (exact) mass is 281 g/mol. The van der Waals surface area contributed by atoms with E-state index in [1.165, 1.54) is 0 Å². The molecule has 108 valence electrons. The van der Waals surface area contributed by atoms with Crippen molar-refractivity contribution in [3.8, 4) is 0 Å². The summed E-state index contributed by atoms with van der Waals surface area (Å²) in [6.07, 6.45) is 2.51. The number of amides is 1. The molecule has 6 nitrogen and oxygen atoms in total. The molecular weight excluding hydrogens is 265 g/mol. The molecule has 0 radical (unpaired) electrons. The van der Waals surface area contributed by atoms with Crippen LogP contribution in [-0.2, 0) is 4.79 Å². The predicted molar refractivity (Wildman–Crippen MR) is 71.6 cm³/mol. The maximum absolute atomic E-state index is 13.6. The van der Waals surface area contributed by atoms with E-state index in [0.29, 0.717) is 13.0 Å². The Kier molecular flexibility index (Phi) is 4.29. The summed E-state index contributed by atoms with van der Waals surface area (Å²) in [4.78, 5) is 22.1. The van der Waals surface area contributed by atoms with Gasteiger partial charge in [0.1, 0.15) is 5.82 Å². The summed E-state index contributed by atoms with van der Waals surface area (Å²) in [7, 11) is 0. The Morgan fingerprint density at radius 2 is 2.25 bits per heavy atom. The summed E-state index contributed by atoms with van der Waals surface area (Å²) < 4.78 is 13.6. The van der Waals surface area contributed by atoms with E-state index < -0.39 is 10.7 Å². The molecule has 0 spiro atoms. The summed E-state index contributed by atoms with van der Waals surface area (Å²) in [5.74, 6) is -1.17. The lowest BCUT2D eigenvalue weighted by molar-refractivity contribution is -0.384. The van der Waals surface area contributed by atoms with Crippen molar-refractivity contribution in [3.05, 3.63) is 34.1 Å². The highest BCUT2D eigenvalue weighted by atomic mass is 19.1. The minimum atomic E-state index is -0.689. The molecule has 1 aliphatic rings. The third-order valence-electron chi connectivity index (χ3n) is 3.72. The van der Waals surface area contributed by atoms with Crippen molar-refractivity contribution in [3.63, 3.8) is 0 Å². The second-order valence-corrected chi connectivity index (χ2v) is 4.94. The van der Waals surface area contributed by atoms with Crippen molar-refractivity contribution in [1.29, 1.82) is 0 Å². The minimum absolute atomic E-state index is 0.0942. The predicted octanol–water partition coefficient (Wildman–Crippen LogP) is 2.05. The van der Waals surface area contributed by atoms with Crippen LogP contribution in [0.3, 0.4) is 0 Å². The molecule has 0 saturated heterocycles. The second kappa shape index (κ2) is 5.96. The van der Waals surface area contributed by atoms with E-state index in [9.17, 15) is 19.3 Å². The second-order valence-electron chi connectivity index (χ2n) is 4.94. The molecule has 1 aliphatic carbocycles. The molecule has 7 heteroatoms. The van der Waals surface area contributed by atoms with E-state index in [2.05, 4.69) is 5.32 Å². The summed E-state index contributed by atoms with van der Waals surface area (Å²) in [5.41, 5.74) is 5.18. The van der Waals surface area contributed by atoms with Crippen molar-refractivity contribution in [2.24, 2.45) is 17.6 Å². The minimum Gasteiger partial charge on any atom is -0.330 e. The van der Waals surface area contributed by atoms with E-state index in [0.717, 1.165) is 31.0 Å². The average Bonchev–Trinajstić information content (AvgIpc) is 2.89. The van der Waals surface area contributed by atoms with Crippen molar-refractivity contribution in [2.75, 3.05) is 11.9 Å². The van der Waals surface area contributed by atoms with Gasteiger partial charge in [-0.15, -0.1) is 0 Å². The molecule has 1 amide bonds. The highest BCUT2D eigenvalue weighted by Crippen LogP contribution is 2.32. The normalized spacial score (nSPS) is 21.7. The van der Waals surface area contributed by atoms with Crippen LogP contribution in [0.5, 0.6) is 0 Å². The van der Waals surface area contributed by atoms with Gasteiger partial charge in [-0.25, -0.2) is 4.39 Å². The molecule has 0 bridgehead atoms. The molecule has 1 saturated carbocycles. The summed E-state index contributed by atoms with van der Waals surface area (Å²) in [6, 6.07) is 3.06. The molecule has 2 rings (SSSR count). The van der Waals surface area contributed by atoms with Crippen LogP contribution in [0.2, 0.25) is 0 Å². The Labute approximate surface area is 115 Å². The largest absolute Gasteiger partial charge is 0.330 e. The van der Waals surface area contributed by atoms with Gasteiger partial charge in [0.05, 0.1) is 10.6 Å². The van der Waals surface area contributed by atoms with Crippen LogP contribution in [0.4, 0.5) is 15.8 Å². The van der Waals surface area contributed by atoms with Crippen LogP contribution >= 0.6 is 0 Å². The van der Waals surface area contributed by atoms with Crippen LogP contribution < -0.4 is 11.1 Å². The molecule has 0 aliphatic heterocycles. The number of nitrogens with two attached hydrogens (primary N) is 1. The van der Waals surface area contributed by atoms with Crippen molar-refractivity contribution in [1.82, 2.24) is 0 Å². The first-order valence-electron chi connectivity index (χ1n) is 6.47. The van der Waals surface area contributed by atoms with Gasteiger partial charge in [0.2, 0.25) is 5.91 Å². The molecule has 1 aromatic rings. The van der Waals surface area contributed by atoms with Gasteiger partial charge in [-0.2, -0.15) is 0 Å². The van der Waals surface area contributed by atoms with E-state index in [1.54, 1.807) is 0 Å². The first-order valence-corrected chi connectivity index (χ1v) is 6.47. The van der Waals surface area contributed by atoms with E-state index in [-0.39, 0.29) is 29.1 Å². The van der Waals surface area contributed by atoms with Crippen LogP contribution in [0, 0.1) is 27.8 Å². The summed E-state index contributed by atoms with van der Waals surface area (Å²) in [6.45, 7) is 0.412. The maximum Gasteiger partial charge on any atom is 0.271 e. The van der Waals surface area contributed by atoms with Gasteiger partial charge in [-0.1, -0.05) is 6.42 Å². The van der Waals surface area contributed by atoms with Gasteiger partial charge in [0.25, 0.3) is 5.69 Å². The molecule has 2 unspecified atom stereocenters. The van der Waals surface area contributed by atoms with E-state index >= 15 is 0 Å². The van der Waals surface area contributed by atoms with Gasteiger partial charge in [0.15, 0.2) is 0 Å². The number of nitro benzene ring substituents is 1. The first-order chi connectivity index (χ1) is 9.52. The number of carbonyl (C=O) groups is 1. The SMILES string of the molecule is NCC1CCCC1C(=O)Nc1cc([N+](=O)[O-])ccc1F. The number of carbonyl (C=O) groups excluding carboxylic acids is 1. The number of nitro groups is 1. The number of rotatable bonds is 4. The average molecular weight is 281 g/mol. The molecule has 3 N–H and O–H groups in total. The number of hydrogen-bond donors (Lipinski definition) is 2. The van der Waals surface area contributed by atoms with Gasteiger partial charge < -0.3 is 11.1 Å². The highest BCUT2D eigenvalue weighted by molar-refractivity contribution is 5.93. The number of halogens is 1. The van der Waals surface area contributed by atoms with Crippen LogP contribution in [0.25, 0.3) is 0 Å². The van der Waals surface area contributed by atoms with E-state index in [4.69, 9.17) is 5.73 Å². The topological polar surface area (TPSA) is 98.3 Å². The van der Waals surface area contributed by atoms with Crippen molar-refractivity contribution in [2.45, 2.75) is 19.3 Å². The van der Waals surface area contributed by atoms with Gasteiger partial charge in [-0.3, -0.25) is 14.9 Å². The first kappa shape index (κ1) is 14.4. The lowest BCUT2D eigenvalue weighted by atomic mass is 9.95. The molecule has 1 fully saturated rings. The molecule has 2 atom stereocenters. The number of anilines is 1. The van der Waals surface area contributed by atoms with Crippen LogP contribution in [0.1, 0.15) is 19.3 Å². The molecular formula is C13H16FN3O3. The molecule has 20 heavy (non-hydrogen) atoms. The number of hydrogen-bond acceptors (Lipinski definition) is 4. The zero-order valence-corrected chi connectivity index (χ0v) is 10.8. The van der Waals surface area contributed by atoms with Crippen molar-refractivity contribution >= 4 is 17.3 Å². The van der Waals surface area contributed by atoms with Crippen LogP contribution in [0.15, 0.2) is 18.2 Å².